The summed E-state index contributed by atoms with van der Waals surface area (Å²) in [6, 6.07) is 7.46. The molecule has 3 rings (SSSR count). The van der Waals surface area contributed by atoms with Crippen molar-refractivity contribution in [1.29, 1.82) is 0 Å². The maximum Gasteiger partial charge on any atom is 0.271 e. The van der Waals surface area contributed by atoms with Gasteiger partial charge in [-0.05, 0) is 44.0 Å². The van der Waals surface area contributed by atoms with Crippen LogP contribution in [0.2, 0.25) is 0 Å². The summed E-state index contributed by atoms with van der Waals surface area (Å²) < 4.78 is 27.3. The van der Waals surface area contributed by atoms with Crippen molar-refractivity contribution in [2.45, 2.75) is 42.9 Å². The molecule has 7 heteroatoms. The van der Waals surface area contributed by atoms with Gasteiger partial charge in [-0.15, -0.1) is 11.3 Å². The van der Waals surface area contributed by atoms with Crippen molar-refractivity contribution in [2.24, 2.45) is 0 Å². The molecule has 118 valence electrons. The van der Waals surface area contributed by atoms with Crippen LogP contribution in [0.4, 0.5) is 11.5 Å². The largest absolute Gasteiger partial charge is 0.367 e. The Labute approximate surface area is 134 Å². The number of rotatable bonds is 5. The molecular weight excluding hydrogens is 318 g/mol. The molecule has 1 fully saturated rings. The van der Waals surface area contributed by atoms with Crippen LogP contribution in [0, 0.1) is 6.92 Å². The van der Waals surface area contributed by atoms with Crippen molar-refractivity contribution in [3.8, 4) is 0 Å². The third-order valence-electron chi connectivity index (χ3n) is 3.70. The number of aromatic nitrogens is 1. The molecular formula is C15H19N3O2S2. The van der Waals surface area contributed by atoms with Gasteiger partial charge in [-0.25, -0.2) is 13.4 Å². The molecule has 1 saturated carbocycles. The fourth-order valence-corrected chi connectivity index (χ4v) is 4.91. The number of nitrogens with one attached hydrogen (secondary N) is 2. The van der Waals surface area contributed by atoms with Crippen LogP contribution in [-0.4, -0.2) is 19.4 Å². The highest BCUT2D eigenvalue weighted by molar-refractivity contribution is 7.94. The minimum Gasteiger partial charge on any atom is -0.367 e. The number of thiophene rings is 1. The van der Waals surface area contributed by atoms with Crippen LogP contribution in [0.1, 0.15) is 30.6 Å². The highest BCUT2D eigenvalue weighted by atomic mass is 32.2. The summed E-state index contributed by atoms with van der Waals surface area (Å²) in [7, 11) is -3.52. The maximum absolute atomic E-state index is 12.2. The van der Waals surface area contributed by atoms with E-state index in [1.165, 1.54) is 37.0 Å². The van der Waals surface area contributed by atoms with E-state index in [-0.39, 0.29) is 0 Å². The Morgan fingerprint density at radius 1 is 1.18 bits per heavy atom. The Bertz CT molecular complexity index is 732. The predicted molar refractivity (Wildman–Crippen MR) is 90.0 cm³/mol. The summed E-state index contributed by atoms with van der Waals surface area (Å²) in [4.78, 5) is 5.26. The van der Waals surface area contributed by atoms with Gasteiger partial charge in [-0.2, -0.15) is 0 Å². The van der Waals surface area contributed by atoms with Crippen LogP contribution < -0.4 is 10.0 Å². The number of sulfonamides is 1. The molecule has 0 aromatic carbocycles. The van der Waals surface area contributed by atoms with Gasteiger partial charge in [0, 0.05) is 10.9 Å². The second-order valence-corrected chi connectivity index (χ2v) is 8.73. The minimum atomic E-state index is -3.52. The summed E-state index contributed by atoms with van der Waals surface area (Å²) in [6.45, 7) is 1.88. The van der Waals surface area contributed by atoms with Crippen molar-refractivity contribution in [3.63, 3.8) is 0 Å². The highest BCUT2D eigenvalue weighted by Crippen LogP contribution is 2.24. The Morgan fingerprint density at radius 2 is 1.95 bits per heavy atom. The van der Waals surface area contributed by atoms with Crippen molar-refractivity contribution in [3.05, 3.63) is 35.3 Å². The van der Waals surface area contributed by atoms with E-state index in [0.717, 1.165) is 10.7 Å². The molecule has 0 aliphatic heterocycles. The second-order valence-electron chi connectivity index (χ2n) is 5.53. The molecule has 2 heterocycles. The maximum atomic E-state index is 12.2. The highest BCUT2D eigenvalue weighted by Gasteiger charge is 2.17. The van der Waals surface area contributed by atoms with E-state index in [0.29, 0.717) is 15.9 Å². The number of nitrogens with zero attached hydrogens (tertiary/aromatic N) is 1. The molecule has 1 aliphatic rings. The monoisotopic (exact) mass is 337 g/mol. The Hall–Kier alpha value is -1.60. The normalized spacial score (nSPS) is 15.9. The van der Waals surface area contributed by atoms with Crippen LogP contribution >= 0.6 is 11.3 Å². The molecule has 0 saturated heterocycles. The molecule has 2 aromatic heterocycles. The second kappa shape index (κ2) is 6.26. The summed E-state index contributed by atoms with van der Waals surface area (Å²) in [6.07, 6.45) is 6.42. The molecule has 1 aliphatic carbocycles. The molecule has 0 atom stereocenters. The first-order valence-corrected chi connectivity index (χ1v) is 9.65. The third kappa shape index (κ3) is 3.59. The quantitative estimate of drug-likeness (QED) is 0.874. The summed E-state index contributed by atoms with van der Waals surface area (Å²) in [5.41, 5.74) is 0.475. The zero-order valence-electron chi connectivity index (χ0n) is 12.4. The first-order valence-electron chi connectivity index (χ1n) is 7.35. The van der Waals surface area contributed by atoms with Gasteiger partial charge in [0.15, 0.2) is 0 Å². The topological polar surface area (TPSA) is 71.1 Å². The smallest absolute Gasteiger partial charge is 0.271 e. The van der Waals surface area contributed by atoms with Gasteiger partial charge in [-0.1, -0.05) is 12.8 Å². The fourth-order valence-electron chi connectivity index (χ4n) is 2.58. The predicted octanol–water partition coefficient (Wildman–Crippen LogP) is 3.61. The lowest BCUT2D eigenvalue weighted by Crippen LogP contribution is -2.16. The van der Waals surface area contributed by atoms with Gasteiger partial charge in [0.05, 0.1) is 11.9 Å². The standard InChI is InChI=1S/C15H19N3O2S2/c1-11-6-9-15(21-11)22(19,20)18-13-7-8-14(16-10-13)17-12-4-2-3-5-12/h6-10,12,18H,2-5H2,1H3,(H,16,17). The fraction of sp³-hybridized carbons (Fsp3) is 0.400. The van der Waals surface area contributed by atoms with Crippen molar-refractivity contribution >= 4 is 32.9 Å². The van der Waals surface area contributed by atoms with Crippen LogP contribution in [-0.2, 0) is 10.0 Å². The van der Waals surface area contributed by atoms with Gasteiger partial charge in [0.25, 0.3) is 10.0 Å². The van der Waals surface area contributed by atoms with Crippen molar-refractivity contribution < 1.29 is 8.42 Å². The number of pyridine rings is 1. The molecule has 2 aromatic rings. The number of anilines is 2. The lowest BCUT2D eigenvalue weighted by Gasteiger charge is -2.13. The first-order chi connectivity index (χ1) is 10.5. The van der Waals surface area contributed by atoms with Gasteiger partial charge < -0.3 is 5.32 Å². The zero-order valence-corrected chi connectivity index (χ0v) is 14.0. The summed E-state index contributed by atoms with van der Waals surface area (Å²) in [5, 5.41) is 3.38. The van der Waals surface area contributed by atoms with Gasteiger partial charge in [0.2, 0.25) is 0 Å². The number of hydrogen-bond donors (Lipinski definition) is 2. The van der Waals surface area contributed by atoms with Crippen LogP contribution in [0.25, 0.3) is 0 Å². The Balaban J connectivity index is 1.67. The summed E-state index contributed by atoms with van der Waals surface area (Å²) in [5.74, 6) is 0.793. The molecule has 5 nitrogen and oxygen atoms in total. The van der Waals surface area contributed by atoms with Gasteiger partial charge >= 0.3 is 0 Å². The molecule has 22 heavy (non-hydrogen) atoms. The van der Waals surface area contributed by atoms with E-state index in [1.54, 1.807) is 24.4 Å². The van der Waals surface area contributed by atoms with E-state index in [2.05, 4.69) is 15.0 Å². The Morgan fingerprint density at radius 3 is 2.55 bits per heavy atom. The molecule has 0 unspecified atom stereocenters. The van der Waals surface area contributed by atoms with E-state index in [9.17, 15) is 8.42 Å². The van der Waals surface area contributed by atoms with E-state index in [1.807, 2.05) is 13.0 Å². The average Bonchev–Trinajstić information content (AvgIpc) is 3.12. The van der Waals surface area contributed by atoms with Crippen LogP contribution in [0.3, 0.4) is 0 Å². The van der Waals surface area contributed by atoms with E-state index < -0.39 is 10.0 Å². The van der Waals surface area contributed by atoms with Crippen LogP contribution in [0.5, 0.6) is 0 Å². The molecule has 0 radical (unpaired) electrons. The Kier molecular flexibility index (Phi) is 4.35. The van der Waals surface area contributed by atoms with Crippen LogP contribution in [0.15, 0.2) is 34.7 Å². The third-order valence-corrected chi connectivity index (χ3v) is 6.58. The van der Waals surface area contributed by atoms with Crippen molar-refractivity contribution in [1.82, 2.24) is 4.98 Å². The lowest BCUT2D eigenvalue weighted by atomic mass is 10.2. The van der Waals surface area contributed by atoms with Gasteiger partial charge in [0.1, 0.15) is 10.0 Å². The van der Waals surface area contributed by atoms with Crippen molar-refractivity contribution in [2.75, 3.05) is 10.0 Å². The first kappa shape index (κ1) is 15.3. The number of hydrogen-bond acceptors (Lipinski definition) is 5. The lowest BCUT2D eigenvalue weighted by molar-refractivity contribution is 0.603. The zero-order chi connectivity index (χ0) is 15.6. The summed E-state index contributed by atoms with van der Waals surface area (Å²) >= 11 is 1.26. The average molecular weight is 337 g/mol. The molecule has 2 N–H and O–H groups in total. The van der Waals surface area contributed by atoms with E-state index >= 15 is 0 Å². The molecule has 0 amide bonds. The minimum absolute atomic E-state index is 0.318. The van der Waals surface area contributed by atoms with Gasteiger partial charge in [-0.3, -0.25) is 4.72 Å². The number of aryl methyl sites for hydroxylation is 1. The SMILES string of the molecule is Cc1ccc(S(=O)(=O)Nc2ccc(NC3CCCC3)nc2)s1. The van der Waals surface area contributed by atoms with E-state index in [4.69, 9.17) is 0 Å². The molecule has 0 bridgehead atoms. The molecule has 0 spiro atoms.